The summed E-state index contributed by atoms with van der Waals surface area (Å²) in [6, 6.07) is 5.79. The molecule has 1 aliphatic rings. The summed E-state index contributed by atoms with van der Waals surface area (Å²) in [6.07, 6.45) is 1.64. The second-order valence-electron chi connectivity index (χ2n) is 5.60. The highest BCUT2D eigenvalue weighted by Gasteiger charge is 2.37. The molecule has 24 heavy (non-hydrogen) atoms. The van der Waals surface area contributed by atoms with Crippen molar-refractivity contribution in [3.8, 4) is 0 Å². The molecule has 1 atom stereocenters. The zero-order valence-electron chi connectivity index (χ0n) is 12.7. The molecule has 2 nitrogen and oxygen atoms in total. The second-order valence-corrected chi connectivity index (χ2v) is 6.41. The first-order valence-corrected chi connectivity index (χ1v) is 7.73. The fraction of sp³-hybridized carbons (Fsp3) is 0.118. The molecular formula is C17H12Cl2F3N2+. The van der Waals surface area contributed by atoms with Crippen LogP contribution in [0.5, 0.6) is 0 Å². The third kappa shape index (κ3) is 2.83. The van der Waals surface area contributed by atoms with E-state index in [2.05, 4.69) is 5.10 Å². The number of hydrogen-bond acceptors (Lipinski definition) is 1. The van der Waals surface area contributed by atoms with Crippen LogP contribution in [0.2, 0.25) is 10.0 Å². The zero-order valence-corrected chi connectivity index (χ0v) is 14.3. The molecule has 0 saturated carbocycles. The third-order valence-electron chi connectivity index (χ3n) is 3.78. The predicted octanol–water partition coefficient (Wildman–Crippen LogP) is 5.78. The smallest absolute Gasteiger partial charge is 0.207 e. The minimum Gasteiger partial charge on any atom is -0.207 e. The minimum atomic E-state index is -0.804. The number of allylic oxidation sites excluding steroid dienone is 1. The van der Waals surface area contributed by atoms with Gasteiger partial charge in [-0.25, -0.2) is 13.2 Å². The Morgan fingerprint density at radius 3 is 2.25 bits per heavy atom. The van der Waals surface area contributed by atoms with Crippen LogP contribution in [0, 0.1) is 17.5 Å². The van der Waals surface area contributed by atoms with E-state index in [1.807, 2.05) is 0 Å². The maximum atomic E-state index is 14.3. The standard InChI is InChI=1S/C17H12Cl2F3N2/c1-9-13(12-4-3-10(20)5-14(12)18)8-24(2,23-9)17-15(19)6-11(21)7-16(17)22/h3-8H,1-2H3/q+1. The van der Waals surface area contributed by atoms with Gasteiger partial charge >= 0.3 is 0 Å². The van der Waals surface area contributed by atoms with Crippen LogP contribution in [0.3, 0.4) is 0 Å². The third-order valence-corrected chi connectivity index (χ3v) is 4.38. The molecule has 0 saturated heterocycles. The Kier molecular flexibility index (Phi) is 4.20. The van der Waals surface area contributed by atoms with E-state index in [1.54, 1.807) is 20.2 Å². The number of nitrogens with zero attached hydrogens (tertiary/aromatic N) is 2. The highest BCUT2D eigenvalue weighted by molar-refractivity contribution is 6.36. The first-order valence-electron chi connectivity index (χ1n) is 6.98. The van der Waals surface area contributed by atoms with Crippen LogP contribution in [-0.2, 0) is 0 Å². The van der Waals surface area contributed by atoms with Gasteiger partial charge < -0.3 is 0 Å². The van der Waals surface area contributed by atoms with Gasteiger partial charge in [0.1, 0.15) is 35.6 Å². The molecule has 0 aromatic heterocycles. The summed E-state index contributed by atoms with van der Waals surface area (Å²) in [4.78, 5) is 0. The van der Waals surface area contributed by atoms with E-state index < -0.39 is 17.5 Å². The summed E-state index contributed by atoms with van der Waals surface area (Å²) in [5, 5.41) is 4.57. The lowest BCUT2D eigenvalue weighted by atomic mass is 10.0. The summed E-state index contributed by atoms with van der Waals surface area (Å²) < 4.78 is 40.5. The van der Waals surface area contributed by atoms with Gasteiger partial charge in [0, 0.05) is 11.6 Å². The highest BCUT2D eigenvalue weighted by atomic mass is 35.5. The van der Waals surface area contributed by atoms with E-state index in [-0.39, 0.29) is 20.3 Å². The lowest BCUT2D eigenvalue weighted by Crippen LogP contribution is -2.32. The predicted molar refractivity (Wildman–Crippen MR) is 91.6 cm³/mol. The number of rotatable bonds is 2. The average Bonchev–Trinajstić information content (AvgIpc) is 2.73. The number of hydrogen-bond donors (Lipinski definition) is 0. The van der Waals surface area contributed by atoms with Gasteiger partial charge in [0.15, 0.2) is 5.82 Å². The van der Waals surface area contributed by atoms with Crippen molar-refractivity contribution in [1.82, 2.24) is 4.59 Å². The van der Waals surface area contributed by atoms with Gasteiger partial charge in [0.2, 0.25) is 5.69 Å². The van der Waals surface area contributed by atoms with Crippen molar-refractivity contribution in [3.05, 3.63) is 69.6 Å². The number of benzene rings is 2. The average molecular weight is 372 g/mol. The van der Waals surface area contributed by atoms with Crippen molar-refractivity contribution < 1.29 is 13.2 Å². The monoisotopic (exact) mass is 371 g/mol. The maximum Gasteiger partial charge on any atom is 0.218 e. The molecule has 1 aliphatic heterocycles. The van der Waals surface area contributed by atoms with Gasteiger partial charge in [0.25, 0.3) is 0 Å². The summed E-state index contributed by atoms with van der Waals surface area (Å²) in [7, 11) is 1.61. The Hall–Kier alpha value is -1.82. The van der Waals surface area contributed by atoms with Crippen LogP contribution < -0.4 is 4.59 Å². The number of halogens is 5. The van der Waals surface area contributed by atoms with Crippen LogP contribution in [0.1, 0.15) is 12.5 Å². The van der Waals surface area contributed by atoms with Crippen molar-refractivity contribution in [1.29, 1.82) is 0 Å². The van der Waals surface area contributed by atoms with E-state index in [9.17, 15) is 13.2 Å². The zero-order chi connectivity index (χ0) is 17.6. The molecule has 0 fully saturated rings. The summed E-state index contributed by atoms with van der Waals surface area (Å²) >= 11 is 12.1. The minimum absolute atomic E-state index is 0.0191. The topological polar surface area (TPSA) is 12.4 Å². The maximum absolute atomic E-state index is 14.3. The summed E-state index contributed by atoms with van der Waals surface area (Å²) in [5.41, 5.74) is 1.79. The molecule has 1 unspecified atom stereocenters. The lowest BCUT2D eigenvalue weighted by molar-refractivity contribution is 0.452. The fourth-order valence-corrected chi connectivity index (χ4v) is 3.43. The van der Waals surface area contributed by atoms with Crippen molar-refractivity contribution >= 4 is 40.2 Å². The van der Waals surface area contributed by atoms with Crippen molar-refractivity contribution in [3.63, 3.8) is 0 Å². The van der Waals surface area contributed by atoms with Gasteiger partial charge in [-0.15, -0.1) is 4.59 Å². The van der Waals surface area contributed by atoms with Crippen LogP contribution in [0.15, 0.2) is 41.6 Å². The van der Waals surface area contributed by atoms with Crippen molar-refractivity contribution in [2.45, 2.75) is 6.92 Å². The summed E-state index contributed by atoms with van der Waals surface area (Å²) in [6.45, 7) is 1.73. The first-order chi connectivity index (χ1) is 11.2. The van der Waals surface area contributed by atoms with Crippen LogP contribution in [-0.4, -0.2) is 12.8 Å². The molecule has 0 radical (unpaired) electrons. The molecular weight excluding hydrogens is 360 g/mol. The van der Waals surface area contributed by atoms with Crippen LogP contribution in [0.25, 0.3) is 5.57 Å². The van der Waals surface area contributed by atoms with Crippen molar-refractivity contribution in [2.75, 3.05) is 7.05 Å². The molecule has 2 aromatic carbocycles. The van der Waals surface area contributed by atoms with Crippen LogP contribution >= 0.6 is 23.2 Å². The van der Waals surface area contributed by atoms with Gasteiger partial charge in [0.05, 0.1) is 10.6 Å². The van der Waals surface area contributed by atoms with Gasteiger partial charge in [-0.3, -0.25) is 0 Å². The van der Waals surface area contributed by atoms with Crippen molar-refractivity contribution in [2.24, 2.45) is 5.10 Å². The normalized spacial score (nSPS) is 20.1. The molecule has 0 bridgehead atoms. The SMILES string of the molecule is CC1=N[N+](C)(c2c(F)cc(F)cc2Cl)C=C1c1ccc(F)cc1Cl. The molecule has 0 amide bonds. The van der Waals surface area contributed by atoms with E-state index in [0.29, 0.717) is 16.8 Å². The van der Waals surface area contributed by atoms with E-state index >= 15 is 0 Å². The highest BCUT2D eigenvalue weighted by Crippen LogP contribution is 2.40. The number of quaternary nitrogens is 1. The Bertz CT molecular complexity index is 886. The van der Waals surface area contributed by atoms with E-state index in [4.69, 9.17) is 23.2 Å². The molecule has 0 spiro atoms. The van der Waals surface area contributed by atoms with Gasteiger partial charge in [-0.2, -0.15) is 0 Å². The molecule has 124 valence electrons. The molecule has 7 heteroatoms. The largest absolute Gasteiger partial charge is 0.218 e. The van der Waals surface area contributed by atoms with Gasteiger partial charge in [-0.05, 0) is 31.2 Å². The molecule has 1 heterocycles. The quantitative estimate of drug-likeness (QED) is 0.593. The van der Waals surface area contributed by atoms with Crippen LogP contribution in [0.4, 0.5) is 18.9 Å². The van der Waals surface area contributed by atoms with E-state index in [1.165, 1.54) is 18.2 Å². The molecule has 0 N–H and O–H groups in total. The second kappa shape index (κ2) is 5.92. The Morgan fingerprint density at radius 2 is 1.62 bits per heavy atom. The van der Waals surface area contributed by atoms with E-state index in [0.717, 1.165) is 12.1 Å². The molecule has 0 aliphatic carbocycles. The molecule has 3 rings (SSSR count). The Balaban J connectivity index is 2.16. The Morgan fingerprint density at radius 1 is 0.958 bits per heavy atom. The van der Waals surface area contributed by atoms with Gasteiger partial charge in [-0.1, -0.05) is 28.3 Å². The Labute approximate surface area is 147 Å². The summed E-state index contributed by atoms with van der Waals surface area (Å²) in [5.74, 6) is -2.03. The first kappa shape index (κ1) is 17.0. The lowest BCUT2D eigenvalue weighted by Gasteiger charge is -2.21. The fourth-order valence-electron chi connectivity index (χ4n) is 2.79. The molecule has 2 aromatic rings.